The van der Waals surface area contributed by atoms with Gasteiger partial charge >= 0.3 is 0 Å². The minimum Gasteiger partial charge on any atom is -0.308 e. The zero-order chi connectivity index (χ0) is 32.2. The molecule has 3 aromatic heterocycles. The van der Waals surface area contributed by atoms with Gasteiger partial charge in [-0.05, 0) is 71.8 Å². The highest BCUT2D eigenvalue weighted by Crippen LogP contribution is 2.40. The lowest BCUT2D eigenvalue weighted by molar-refractivity contribution is 0.0926. The summed E-state index contributed by atoms with van der Waals surface area (Å²) in [6, 6.07) is 47.4. The predicted octanol–water partition coefficient (Wildman–Crippen LogP) is 9.38. The largest absolute Gasteiger partial charge is 0.308 e. The first kappa shape index (κ1) is 27.6. The highest BCUT2D eigenvalue weighted by molar-refractivity contribution is 6.35. The lowest BCUT2D eigenvalue weighted by Crippen LogP contribution is -2.29. The molecule has 9 rings (SSSR count). The number of hydrogen-bond donors (Lipinski definition) is 0. The number of hydrogen-bond acceptors (Lipinski definition) is 4. The average molecular weight is 619 g/mol. The SMILES string of the molecule is O=C1c2cccc(-n3c4cc(-c5ccccn5)ccc4c4ccc(-c5ccccn5)cc43)c2C(=O)N1c1ccc(-c2ccccc2)cc1. The number of amides is 2. The molecule has 0 saturated carbocycles. The minimum atomic E-state index is -0.352. The van der Waals surface area contributed by atoms with Crippen molar-refractivity contribution in [1.29, 1.82) is 0 Å². The van der Waals surface area contributed by atoms with Gasteiger partial charge in [0.1, 0.15) is 0 Å². The Hall–Kier alpha value is -6.66. The Morgan fingerprint density at radius 1 is 0.458 bits per heavy atom. The molecule has 8 aromatic rings. The van der Waals surface area contributed by atoms with E-state index >= 15 is 0 Å². The highest BCUT2D eigenvalue weighted by atomic mass is 16.2. The zero-order valence-electron chi connectivity index (χ0n) is 25.6. The van der Waals surface area contributed by atoms with Crippen molar-refractivity contribution in [2.45, 2.75) is 0 Å². The number of benzene rings is 5. The molecular weight excluding hydrogens is 592 g/mol. The molecule has 6 nitrogen and oxygen atoms in total. The van der Waals surface area contributed by atoms with Crippen molar-refractivity contribution in [1.82, 2.24) is 14.5 Å². The third-order valence-corrected chi connectivity index (χ3v) is 9.06. The minimum absolute atomic E-state index is 0.339. The smallest absolute Gasteiger partial charge is 0.268 e. The average Bonchev–Trinajstić information content (AvgIpc) is 3.62. The van der Waals surface area contributed by atoms with Crippen LogP contribution in [-0.2, 0) is 0 Å². The number of carbonyl (C=O) groups excluding carboxylic acids is 2. The van der Waals surface area contributed by atoms with Crippen molar-refractivity contribution in [2.24, 2.45) is 0 Å². The molecule has 0 fully saturated rings. The van der Waals surface area contributed by atoms with Crippen LogP contribution in [0.1, 0.15) is 20.7 Å². The summed E-state index contributed by atoms with van der Waals surface area (Å²) in [5.74, 6) is -0.691. The number of fused-ring (bicyclic) bond motifs is 4. The van der Waals surface area contributed by atoms with Crippen molar-refractivity contribution >= 4 is 39.3 Å². The van der Waals surface area contributed by atoms with E-state index in [0.29, 0.717) is 22.5 Å². The van der Waals surface area contributed by atoms with Gasteiger partial charge in [0.05, 0.1) is 44.9 Å². The summed E-state index contributed by atoms with van der Waals surface area (Å²) in [4.78, 5) is 38.8. The maximum Gasteiger partial charge on any atom is 0.268 e. The second kappa shape index (κ2) is 11.0. The summed E-state index contributed by atoms with van der Waals surface area (Å²) in [6.45, 7) is 0. The number of rotatable bonds is 5. The molecule has 0 radical (unpaired) electrons. The van der Waals surface area contributed by atoms with E-state index in [2.05, 4.69) is 50.9 Å². The van der Waals surface area contributed by atoms with E-state index < -0.39 is 0 Å². The number of pyridine rings is 2. The number of anilines is 1. The number of imide groups is 1. The van der Waals surface area contributed by atoms with Crippen LogP contribution in [0.3, 0.4) is 0 Å². The topological polar surface area (TPSA) is 68.1 Å². The normalized spacial score (nSPS) is 12.6. The molecule has 2 amide bonds. The molecule has 0 aliphatic carbocycles. The van der Waals surface area contributed by atoms with Crippen LogP contribution in [0.4, 0.5) is 5.69 Å². The zero-order valence-corrected chi connectivity index (χ0v) is 25.6. The number of carbonyl (C=O) groups is 2. The summed E-state index contributed by atoms with van der Waals surface area (Å²) >= 11 is 0. The van der Waals surface area contributed by atoms with Crippen LogP contribution in [0.15, 0.2) is 158 Å². The molecule has 5 aromatic carbocycles. The maximum atomic E-state index is 14.4. The van der Waals surface area contributed by atoms with Gasteiger partial charge in [-0.25, -0.2) is 4.90 Å². The molecule has 0 spiro atoms. The molecule has 0 atom stereocenters. The first-order valence-corrected chi connectivity index (χ1v) is 15.7. The Morgan fingerprint density at radius 2 is 1.02 bits per heavy atom. The summed E-state index contributed by atoms with van der Waals surface area (Å²) in [5, 5.41) is 2.06. The summed E-state index contributed by atoms with van der Waals surface area (Å²) in [5.41, 5.74) is 9.41. The summed E-state index contributed by atoms with van der Waals surface area (Å²) in [7, 11) is 0. The first-order valence-electron chi connectivity index (χ1n) is 15.7. The van der Waals surface area contributed by atoms with E-state index in [1.807, 2.05) is 103 Å². The fourth-order valence-electron chi connectivity index (χ4n) is 6.79. The van der Waals surface area contributed by atoms with Crippen molar-refractivity contribution in [3.63, 3.8) is 0 Å². The van der Waals surface area contributed by atoms with E-state index in [1.54, 1.807) is 18.5 Å². The molecular formula is C42H26N4O2. The second-order valence-corrected chi connectivity index (χ2v) is 11.8. The Bertz CT molecular complexity index is 2430. The van der Waals surface area contributed by atoms with Gasteiger partial charge in [-0.1, -0.05) is 84.9 Å². The van der Waals surface area contributed by atoms with Gasteiger partial charge in [-0.3, -0.25) is 19.6 Å². The summed E-state index contributed by atoms with van der Waals surface area (Å²) < 4.78 is 2.11. The molecule has 0 N–H and O–H groups in total. The molecule has 6 heteroatoms. The van der Waals surface area contributed by atoms with Crippen molar-refractivity contribution in [2.75, 3.05) is 4.90 Å². The van der Waals surface area contributed by atoms with E-state index in [-0.39, 0.29) is 11.8 Å². The lowest BCUT2D eigenvalue weighted by atomic mass is 10.1. The molecule has 226 valence electrons. The molecule has 0 saturated heterocycles. The van der Waals surface area contributed by atoms with E-state index in [1.165, 1.54) is 4.90 Å². The van der Waals surface area contributed by atoms with Crippen LogP contribution >= 0.6 is 0 Å². The van der Waals surface area contributed by atoms with Gasteiger partial charge in [-0.2, -0.15) is 0 Å². The van der Waals surface area contributed by atoms with Crippen LogP contribution in [0.25, 0.3) is 61.1 Å². The van der Waals surface area contributed by atoms with Gasteiger partial charge in [0.2, 0.25) is 0 Å². The van der Waals surface area contributed by atoms with Crippen molar-refractivity contribution < 1.29 is 9.59 Å². The lowest BCUT2D eigenvalue weighted by Gasteiger charge is -2.15. The molecule has 0 bridgehead atoms. The number of aromatic nitrogens is 3. The highest BCUT2D eigenvalue weighted by Gasteiger charge is 2.39. The van der Waals surface area contributed by atoms with Crippen molar-refractivity contribution in [3.8, 4) is 39.3 Å². The van der Waals surface area contributed by atoms with Crippen LogP contribution < -0.4 is 4.90 Å². The second-order valence-electron chi connectivity index (χ2n) is 11.8. The van der Waals surface area contributed by atoms with Gasteiger partial charge in [-0.15, -0.1) is 0 Å². The van der Waals surface area contributed by atoms with Crippen LogP contribution in [0, 0.1) is 0 Å². The third kappa shape index (κ3) is 4.35. The molecule has 1 aliphatic rings. The van der Waals surface area contributed by atoms with Crippen LogP contribution in [-0.4, -0.2) is 26.3 Å². The molecule has 48 heavy (non-hydrogen) atoms. The maximum absolute atomic E-state index is 14.4. The Balaban J connectivity index is 1.24. The van der Waals surface area contributed by atoms with E-state index in [9.17, 15) is 9.59 Å². The first-order chi connectivity index (χ1) is 23.7. The van der Waals surface area contributed by atoms with Gasteiger partial charge in [0, 0.05) is 34.3 Å². The fourth-order valence-corrected chi connectivity index (χ4v) is 6.79. The van der Waals surface area contributed by atoms with Gasteiger partial charge in [0.15, 0.2) is 0 Å². The number of nitrogens with zero attached hydrogens (tertiary/aromatic N) is 4. The quantitative estimate of drug-likeness (QED) is 0.180. The Kier molecular flexibility index (Phi) is 6.33. The van der Waals surface area contributed by atoms with Gasteiger partial charge < -0.3 is 4.57 Å². The van der Waals surface area contributed by atoms with E-state index in [0.717, 1.165) is 55.4 Å². The molecule has 0 unspecified atom stereocenters. The fraction of sp³-hybridized carbons (Fsp3) is 0. The summed E-state index contributed by atoms with van der Waals surface area (Å²) in [6.07, 6.45) is 3.56. The predicted molar refractivity (Wildman–Crippen MR) is 190 cm³/mol. The molecule has 1 aliphatic heterocycles. The van der Waals surface area contributed by atoms with Crippen molar-refractivity contribution in [3.05, 3.63) is 169 Å². The Morgan fingerprint density at radius 3 is 1.60 bits per heavy atom. The molecule has 4 heterocycles. The standard InChI is InChI=1S/C42H26N4O2/c47-41-34-11-8-14-37(40(34)42(48)45(41)31-19-15-28(16-20-31)27-9-2-1-3-10-27)46-38-25-29(35-12-4-6-23-43-35)17-21-32(38)33-22-18-30(26-39(33)46)36-13-5-7-24-44-36/h1-26H. The van der Waals surface area contributed by atoms with Crippen LogP contribution in [0.5, 0.6) is 0 Å². The van der Waals surface area contributed by atoms with Gasteiger partial charge in [0.25, 0.3) is 11.8 Å². The Labute approximate surface area is 276 Å². The third-order valence-electron chi connectivity index (χ3n) is 9.06. The monoisotopic (exact) mass is 618 g/mol. The van der Waals surface area contributed by atoms with E-state index in [4.69, 9.17) is 0 Å². The van der Waals surface area contributed by atoms with Crippen LogP contribution in [0.2, 0.25) is 0 Å².